The molecule has 0 bridgehead atoms. The number of hydrogen-bond acceptors (Lipinski definition) is 7. The fourth-order valence-corrected chi connectivity index (χ4v) is 4.50. The van der Waals surface area contributed by atoms with Crippen LogP contribution in [0.5, 0.6) is 11.5 Å². The van der Waals surface area contributed by atoms with E-state index in [9.17, 15) is 14.7 Å². The van der Waals surface area contributed by atoms with Crippen LogP contribution < -0.4 is 9.46 Å². The molecule has 1 aliphatic heterocycles. The molecule has 1 aliphatic rings. The monoisotopic (exact) mass is 438 g/mol. The lowest BCUT2D eigenvalue weighted by molar-refractivity contribution is 0.0769. The Morgan fingerprint density at radius 3 is 2.68 bits per heavy atom. The van der Waals surface area contributed by atoms with Gasteiger partial charge in [0, 0.05) is 47.6 Å². The van der Waals surface area contributed by atoms with E-state index >= 15 is 0 Å². The summed E-state index contributed by atoms with van der Waals surface area (Å²) in [5, 5.41) is 19.6. The van der Waals surface area contributed by atoms with E-state index in [1.54, 1.807) is 19.2 Å². The number of benzene rings is 3. The van der Waals surface area contributed by atoms with Crippen LogP contribution in [-0.4, -0.2) is 60.7 Å². The molecule has 8 heteroatoms. The van der Waals surface area contributed by atoms with Crippen molar-refractivity contribution in [3.63, 3.8) is 0 Å². The van der Waals surface area contributed by atoms with Crippen LogP contribution in [0.1, 0.15) is 20.7 Å². The van der Waals surface area contributed by atoms with Crippen molar-refractivity contribution < 1.29 is 24.5 Å². The van der Waals surface area contributed by atoms with Gasteiger partial charge < -0.3 is 19.8 Å². The molecule has 31 heavy (non-hydrogen) atoms. The summed E-state index contributed by atoms with van der Waals surface area (Å²) in [7, 11) is 1.61. The van der Waals surface area contributed by atoms with Crippen LogP contribution in [0.2, 0.25) is 0 Å². The average molecular weight is 439 g/mol. The average Bonchev–Trinajstić information content (AvgIpc) is 2.80. The SMILES string of the molecule is CN(CCO)C(=O)c1ccc2c3c(c(SNCCO)cc(C=O)c13)Oc1ccccc1-2. The van der Waals surface area contributed by atoms with Crippen molar-refractivity contribution in [2.75, 3.05) is 33.4 Å². The zero-order valence-electron chi connectivity index (χ0n) is 16.9. The first-order chi connectivity index (χ1) is 15.1. The predicted molar refractivity (Wildman–Crippen MR) is 120 cm³/mol. The van der Waals surface area contributed by atoms with E-state index in [0.29, 0.717) is 44.8 Å². The molecule has 3 aromatic rings. The maximum absolute atomic E-state index is 13.1. The standard InChI is InChI=1S/C23H22N2O5S/c1-25(9-11-27)23(29)17-7-6-16-15-4-2-3-5-18(15)30-22-19(31-24-8-10-26)12-14(13-28)20(17)21(16)22/h2-7,12-13,24,26-27H,8-11H2,1H3. The van der Waals surface area contributed by atoms with Gasteiger partial charge in [0.2, 0.25) is 0 Å². The number of hydrogen-bond donors (Lipinski definition) is 3. The molecular formula is C23H22N2O5S. The number of nitrogens with zero attached hydrogens (tertiary/aromatic N) is 1. The molecular weight excluding hydrogens is 416 g/mol. The maximum Gasteiger partial charge on any atom is 0.254 e. The van der Waals surface area contributed by atoms with E-state index < -0.39 is 0 Å². The van der Waals surface area contributed by atoms with Crippen LogP contribution in [0, 0.1) is 0 Å². The lowest BCUT2D eigenvalue weighted by Gasteiger charge is -2.26. The second kappa shape index (κ2) is 9.07. The Bertz CT molecular complexity index is 1160. The summed E-state index contributed by atoms with van der Waals surface area (Å²) >= 11 is 1.26. The summed E-state index contributed by atoms with van der Waals surface area (Å²) in [6.07, 6.45) is 0.738. The third-order valence-electron chi connectivity index (χ3n) is 5.16. The molecule has 0 saturated heterocycles. The highest BCUT2D eigenvalue weighted by molar-refractivity contribution is 7.97. The number of para-hydroxylation sites is 1. The Labute approximate surface area is 183 Å². The molecule has 0 spiro atoms. The van der Waals surface area contributed by atoms with Gasteiger partial charge in [-0.3, -0.25) is 14.3 Å². The third kappa shape index (κ3) is 3.79. The first-order valence-corrected chi connectivity index (χ1v) is 10.6. The third-order valence-corrected chi connectivity index (χ3v) is 6.03. The van der Waals surface area contributed by atoms with Gasteiger partial charge in [0.15, 0.2) is 12.0 Å². The summed E-state index contributed by atoms with van der Waals surface area (Å²) < 4.78 is 9.30. The molecule has 0 aliphatic carbocycles. The summed E-state index contributed by atoms with van der Waals surface area (Å²) in [5.41, 5.74) is 2.50. The van der Waals surface area contributed by atoms with Gasteiger partial charge in [0.25, 0.3) is 5.91 Å². The van der Waals surface area contributed by atoms with E-state index in [1.165, 1.54) is 16.8 Å². The second-order valence-electron chi connectivity index (χ2n) is 7.09. The van der Waals surface area contributed by atoms with Crippen molar-refractivity contribution in [1.82, 2.24) is 9.62 Å². The molecule has 1 amide bonds. The molecule has 0 atom stereocenters. The molecule has 7 nitrogen and oxygen atoms in total. The predicted octanol–water partition coefficient (Wildman–Crippen LogP) is 3.08. The second-order valence-corrected chi connectivity index (χ2v) is 8.02. The molecule has 0 unspecified atom stereocenters. The van der Waals surface area contributed by atoms with Gasteiger partial charge in [0.05, 0.1) is 18.1 Å². The van der Waals surface area contributed by atoms with Crippen LogP contribution in [-0.2, 0) is 0 Å². The molecule has 1 heterocycles. The molecule has 0 radical (unpaired) electrons. The van der Waals surface area contributed by atoms with Gasteiger partial charge in [-0.15, -0.1) is 0 Å². The van der Waals surface area contributed by atoms with Crippen molar-refractivity contribution in [2.45, 2.75) is 4.90 Å². The Morgan fingerprint density at radius 1 is 1.13 bits per heavy atom. The van der Waals surface area contributed by atoms with Gasteiger partial charge >= 0.3 is 0 Å². The lowest BCUT2D eigenvalue weighted by atomic mass is 9.89. The topological polar surface area (TPSA) is 99.1 Å². The molecule has 0 aromatic heterocycles. The van der Waals surface area contributed by atoms with Gasteiger partial charge in [-0.1, -0.05) is 24.3 Å². The number of aliphatic hydroxyl groups excluding tert-OH is 2. The molecule has 3 N–H and O–H groups in total. The number of carbonyl (C=O) groups is 2. The number of fused-ring (bicyclic) bond motifs is 2. The highest BCUT2D eigenvalue weighted by atomic mass is 32.2. The van der Waals surface area contributed by atoms with Crippen LogP contribution >= 0.6 is 11.9 Å². The smallest absolute Gasteiger partial charge is 0.254 e. The van der Waals surface area contributed by atoms with Crippen molar-refractivity contribution >= 4 is 34.9 Å². The fraction of sp³-hybridized carbons (Fsp3) is 0.217. The minimum absolute atomic E-state index is 0.0266. The van der Waals surface area contributed by atoms with E-state index in [1.807, 2.05) is 30.3 Å². The van der Waals surface area contributed by atoms with Crippen LogP contribution in [0.4, 0.5) is 0 Å². The number of ether oxygens (including phenoxy) is 1. The summed E-state index contributed by atoms with van der Waals surface area (Å²) in [6, 6.07) is 12.9. The number of nitrogens with one attached hydrogen (secondary N) is 1. The van der Waals surface area contributed by atoms with Crippen LogP contribution in [0.3, 0.4) is 0 Å². The first-order valence-electron chi connectivity index (χ1n) is 9.83. The van der Waals surface area contributed by atoms with E-state index in [0.717, 1.165) is 17.4 Å². The molecule has 0 fully saturated rings. The number of aliphatic hydroxyl groups is 2. The maximum atomic E-state index is 13.1. The number of rotatable bonds is 8. The van der Waals surface area contributed by atoms with E-state index in [4.69, 9.17) is 9.84 Å². The number of amides is 1. The summed E-state index contributed by atoms with van der Waals surface area (Å²) in [4.78, 5) is 27.3. The number of likely N-dealkylation sites (N-methyl/N-ethyl adjacent to an activating group) is 1. The summed E-state index contributed by atoms with van der Waals surface area (Å²) in [5.74, 6) is 0.965. The molecule has 3 aromatic carbocycles. The minimum Gasteiger partial charge on any atom is -0.455 e. The van der Waals surface area contributed by atoms with Crippen molar-refractivity contribution in [3.8, 4) is 22.6 Å². The zero-order chi connectivity index (χ0) is 22.0. The molecule has 0 saturated carbocycles. The van der Waals surface area contributed by atoms with Gasteiger partial charge in [-0.25, -0.2) is 0 Å². The lowest BCUT2D eigenvalue weighted by Crippen LogP contribution is -2.29. The van der Waals surface area contributed by atoms with Gasteiger partial charge in [0.1, 0.15) is 5.75 Å². The fourth-order valence-electron chi connectivity index (χ4n) is 3.73. The van der Waals surface area contributed by atoms with Crippen molar-refractivity contribution in [3.05, 3.63) is 53.6 Å². The van der Waals surface area contributed by atoms with Crippen LogP contribution in [0.25, 0.3) is 21.9 Å². The summed E-state index contributed by atoms with van der Waals surface area (Å²) in [6.45, 7) is 0.370. The van der Waals surface area contributed by atoms with E-state index in [2.05, 4.69) is 4.72 Å². The Hall–Kier alpha value is -2.91. The Kier molecular flexibility index (Phi) is 6.24. The van der Waals surface area contributed by atoms with Crippen molar-refractivity contribution in [1.29, 1.82) is 0 Å². The number of carbonyl (C=O) groups excluding carboxylic acids is 2. The zero-order valence-corrected chi connectivity index (χ0v) is 17.7. The Balaban J connectivity index is 2.01. The van der Waals surface area contributed by atoms with Gasteiger partial charge in [-0.05, 0) is 35.7 Å². The first kappa shape index (κ1) is 21.3. The molecule has 4 rings (SSSR count). The largest absolute Gasteiger partial charge is 0.455 e. The Morgan fingerprint density at radius 2 is 1.94 bits per heavy atom. The number of aldehydes is 1. The van der Waals surface area contributed by atoms with Gasteiger partial charge in [-0.2, -0.15) is 0 Å². The molecule has 160 valence electrons. The minimum atomic E-state index is -0.285. The highest BCUT2D eigenvalue weighted by Crippen LogP contribution is 2.51. The van der Waals surface area contributed by atoms with E-state index in [-0.39, 0.29) is 25.7 Å². The normalized spacial score (nSPS) is 11.7. The highest BCUT2D eigenvalue weighted by Gasteiger charge is 2.28. The van der Waals surface area contributed by atoms with Crippen LogP contribution in [0.15, 0.2) is 47.4 Å². The quantitative estimate of drug-likeness (QED) is 0.221. The van der Waals surface area contributed by atoms with Crippen molar-refractivity contribution in [2.24, 2.45) is 0 Å².